The van der Waals surface area contributed by atoms with Crippen LogP contribution in [-0.4, -0.2) is 15.9 Å². The third kappa shape index (κ3) is 0.888. The van der Waals surface area contributed by atoms with Crippen molar-refractivity contribution in [3.63, 3.8) is 0 Å². The van der Waals surface area contributed by atoms with Crippen molar-refractivity contribution >= 4 is 16.9 Å². The van der Waals surface area contributed by atoms with E-state index in [0.717, 1.165) is 0 Å². The molecule has 3 nitrogen and oxygen atoms in total. The molecule has 1 aliphatic rings. The van der Waals surface area contributed by atoms with Crippen LogP contribution in [0.3, 0.4) is 0 Å². The molecule has 1 aliphatic heterocycles. The van der Waals surface area contributed by atoms with E-state index in [1.54, 1.807) is 6.92 Å². The summed E-state index contributed by atoms with van der Waals surface area (Å²) in [6.45, 7) is 1.76. The monoisotopic (exact) mass is 133 g/mol. The lowest BCUT2D eigenvalue weighted by Gasteiger charge is -1.87. The molecule has 1 fully saturated rings. The molecule has 2 atom stereocenters. The third-order valence-corrected chi connectivity index (χ3v) is 2.29. The zero-order valence-corrected chi connectivity index (χ0v) is 5.33. The molecule has 1 heterocycles. The molecule has 0 aromatic heterocycles. The minimum absolute atomic E-state index is 0.0594. The lowest BCUT2D eigenvalue weighted by molar-refractivity contribution is -0.121. The predicted molar refractivity (Wildman–Crippen MR) is 30.3 cm³/mol. The Labute approximate surface area is 50.0 Å². The quantitative estimate of drug-likeness (QED) is 0.480. The van der Waals surface area contributed by atoms with Gasteiger partial charge in [0.1, 0.15) is 11.0 Å². The maximum Gasteiger partial charge on any atom is 0.235 e. The summed E-state index contributed by atoms with van der Waals surface area (Å²) in [6.07, 6.45) is 0. The summed E-state index contributed by atoms with van der Waals surface area (Å²) in [6, 6.07) is 0. The van der Waals surface area contributed by atoms with Gasteiger partial charge in [-0.15, -0.1) is 0 Å². The Bertz CT molecular complexity index is 145. The van der Waals surface area contributed by atoms with Crippen LogP contribution in [-0.2, 0) is 15.8 Å². The zero-order chi connectivity index (χ0) is 6.15. The summed E-state index contributed by atoms with van der Waals surface area (Å²) >= 11 is 0. The highest BCUT2D eigenvalue weighted by atomic mass is 32.2. The van der Waals surface area contributed by atoms with Crippen molar-refractivity contribution in [3.05, 3.63) is 0 Å². The Morgan fingerprint density at radius 2 is 2.50 bits per heavy atom. The second kappa shape index (κ2) is 1.85. The summed E-state index contributed by atoms with van der Waals surface area (Å²) < 4.78 is 12.7. The lowest BCUT2D eigenvalue weighted by Crippen LogP contribution is -2.17. The molecular formula is C4H7NO2S. The van der Waals surface area contributed by atoms with Crippen LogP contribution >= 0.6 is 0 Å². The first-order chi connectivity index (χ1) is 3.70. The average molecular weight is 133 g/mol. The second-order valence-corrected chi connectivity index (χ2v) is 3.11. The van der Waals surface area contributed by atoms with Crippen molar-refractivity contribution in [3.8, 4) is 0 Å². The highest BCUT2D eigenvalue weighted by molar-refractivity contribution is 7.84. The standard InChI is InChI=1S/C4H7NO2S/c1-3-2-8(7)5-4(3)6/h3H,2H2,1H3,(H,5,6). The van der Waals surface area contributed by atoms with Gasteiger partial charge in [0.2, 0.25) is 5.91 Å². The largest absolute Gasteiger partial charge is 0.275 e. The maximum atomic E-state index is 10.5. The van der Waals surface area contributed by atoms with Crippen LogP contribution in [0.25, 0.3) is 0 Å². The third-order valence-electron chi connectivity index (χ3n) is 1.06. The van der Waals surface area contributed by atoms with Crippen molar-refractivity contribution < 1.29 is 9.00 Å². The highest BCUT2D eigenvalue weighted by Gasteiger charge is 2.24. The molecule has 8 heavy (non-hydrogen) atoms. The Hall–Kier alpha value is -0.380. The summed E-state index contributed by atoms with van der Waals surface area (Å²) in [5.41, 5.74) is 0. The molecular weight excluding hydrogens is 126 g/mol. The van der Waals surface area contributed by atoms with E-state index < -0.39 is 11.0 Å². The number of carbonyl (C=O) groups is 1. The van der Waals surface area contributed by atoms with Gasteiger partial charge in [-0.3, -0.25) is 9.52 Å². The molecule has 0 radical (unpaired) electrons. The van der Waals surface area contributed by atoms with E-state index in [0.29, 0.717) is 5.75 Å². The van der Waals surface area contributed by atoms with Gasteiger partial charge in [0.25, 0.3) is 0 Å². The van der Waals surface area contributed by atoms with Crippen molar-refractivity contribution in [2.75, 3.05) is 5.75 Å². The van der Waals surface area contributed by atoms with E-state index in [4.69, 9.17) is 0 Å². The molecule has 46 valence electrons. The fraction of sp³-hybridized carbons (Fsp3) is 0.750. The zero-order valence-electron chi connectivity index (χ0n) is 4.51. The van der Waals surface area contributed by atoms with Crippen LogP contribution in [0.4, 0.5) is 0 Å². The molecule has 2 unspecified atom stereocenters. The molecule has 0 spiro atoms. The van der Waals surface area contributed by atoms with E-state index in [-0.39, 0.29) is 11.8 Å². The molecule has 0 bridgehead atoms. The topological polar surface area (TPSA) is 46.2 Å². The first-order valence-corrected chi connectivity index (χ1v) is 3.71. The van der Waals surface area contributed by atoms with E-state index in [1.807, 2.05) is 0 Å². The van der Waals surface area contributed by atoms with Crippen LogP contribution in [0.2, 0.25) is 0 Å². The SMILES string of the molecule is CC1CS(=O)NC1=O. The van der Waals surface area contributed by atoms with Crippen LogP contribution in [0.1, 0.15) is 6.92 Å². The Morgan fingerprint density at radius 1 is 1.88 bits per heavy atom. The minimum Gasteiger partial charge on any atom is -0.275 e. The second-order valence-electron chi connectivity index (χ2n) is 1.88. The van der Waals surface area contributed by atoms with E-state index in [2.05, 4.69) is 4.72 Å². The number of rotatable bonds is 0. The van der Waals surface area contributed by atoms with Gasteiger partial charge >= 0.3 is 0 Å². The van der Waals surface area contributed by atoms with Gasteiger partial charge in [-0.05, 0) is 0 Å². The number of nitrogens with one attached hydrogen (secondary N) is 1. The summed E-state index contributed by atoms with van der Waals surface area (Å²) in [7, 11) is -1.08. The van der Waals surface area contributed by atoms with Crippen LogP contribution in [0.5, 0.6) is 0 Å². The summed E-state index contributed by atoms with van der Waals surface area (Å²) in [4.78, 5) is 10.5. The number of carbonyl (C=O) groups excluding carboxylic acids is 1. The Balaban J connectivity index is 2.64. The molecule has 0 aliphatic carbocycles. The molecule has 1 rings (SSSR count). The summed E-state index contributed by atoms with van der Waals surface area (Å²) in [5, 5.41) is 0. The van der Waals surface area contributed by atoms with Crippen LogP contribution < -0.4 is 4.72 Å². The van der Waals surface area contributed by atoms with Gasteiger partial charge in [0.05, 0.1) is 5.75 Å². The summed E-state index contributed by atoms with van der Waals surface area (Å²) in [5.74, 6) is 0.318. The van der Waals surface area contributed by atoms with Crippen molar-refractivity contribution in [2.24, 2.45) is 5.92 Å². The van der Waals surface area contributed by atoms with Gasteiger partial charge in [0, 0.05) is 5.92 Å². The van der Waals surface area contributed by atoms with Crippen LogP contribution in [0, 0.1) is 5.92 Å². The molecule has 0 aromatic rings. The lowest BCUT2D eigenvalue weighted by atomic mass is 10.2. The Kier molecular flexibility index (Phi) is 1.33. The van der Waals surface area contributed by atoms with E-state index in [1.165, 1.54) is 0 Å². The normalized spacial score (nSPS) is 37.4. The smallest absolute Gasteiger partial charge is 0.235 e. The molecule has 1 N–H and O–H groups in total. The van der Waals surface area contributed by atoms with E-state index >= 15 is 0 Å². The molecule has 1 amide bonds. The minimum atomic E-state index is -1.08. The van der Waals surface area contributed by atoms with Crippen molar-refractivity contribution in [1.29, 1.82) is 0 Å². The first-order valence-electron chi connectivity index (χ1n) is 2.39. The molecule has 0 saturated carbocycles. The van der Waals surface area contributed by atoms with Gasteiger partial charge < -0.3 is 0 Å². The number of hydrogen-bond acceptors (Lipinski definition) is 2. The maximum absolute atomic E-state index is 10.5. The van der Waals surface area contributed by atoms with Gasteiger partial charge in [-0.1, -0.05) is 6.92 Å². The molecule has 0 aromatic carbocycles. The van der Waals surface area contributed by atoms with Gasteiger partial charge in [0.15, 0.2) is 0 Å². The van der Waals surface area contributed by atoms with Crippen molar-refractivity contribution in [1.82, 2.24) is 4.72 Å². The average Bonchev–Trinajstić information content (AvgIpc) is 1.85. The highest BCUT2D eigenvalue weighted by Crippen LogP contribution is 2.03. The number of hydrogen-bond donors (Lipinski definition) is 1. The molecule has 4 heteroatoms. The fourth-order valence-electron chi connectivity index (χ4n) is 0.557. The van der Waals surface area contributed by atoms with Crippen molar-refractivity contribution in [2.45, 2.75) is 6.92 Å². The van der Waals surface area contributed by atoms with Gasteiger partial charge in [-0.25, -0.2) is 4.21 Å². The van der Waals surface area contributed by atoms with E-state index in [9.17, 15) is 9.00 Å². The Morgan fingerprint density at radius 3 is 2.62 bits per heavy atom. The van der Waals surface area contributed by atoms with Gasteiger partial charge in [-0.2, -0.15) is 0 Å². The predicted octanol–water partition coefficient (Wildman–Crippen LogP) is -0.584. The molecule has 1 saturated heterocycles. The van der Waals surface area contributed by atoms with Crippen LogP contribution in [0.15, 0.2) is 0 Å². The number of amides is 1. The fourth-order valence-corrected chi connectivity index (χ4v) is 1.67. The first kappa shape index (κ1) is 5.75.